The van der Waals surface area contributed by atoms with E-state index < -0.39 is 0 Å². The number of pyridine rings is 1. The fourth-order valence-electron chi connectivity index (χ4n) is 3.12. The fraction of sp³-hybridized carbons (Fsp3) is 0.444. The molecule has 2 N–H and O–H groups in total. The van der Waals surface area contributed by atoms with Crippen LogP contribution in [-0.4, -0.2) is 37.4 Å². The largest absolute Gasteiger partial charge is 0.494 e. The van der Waals surface area contributed by atoms with Crippen LogP contribution in [0.15, 0.2) is 30.5 Å². The molecule has 6 heteroatoms. The third-order valence-corrected chi connectivity index (χ3v) is 4.53. The van der Waals surface area contributed by atoms with Crippen molar-refractivity contribution < 1.29 is 14.3 Å². The van der Waals surface area contributed by atoms with Gasteiger partial charge in [-0.1, -0.05) is 0 Å². The number of carbonyl (C=O) groups excluding carboxylic acids is 1. The number of rotatable bonds is 4. The van der Waals surface area contributed by atoms with Crippen LogP contribution in [-0.2, 0) is 4.74 Å². The molecule has 1 saturated heterocycles. The molecule has 1 aliphatic rings. The smallest absolute Gasteiger partial charge is 0.319 e. The third kappa shape index (κ3) is 3.59. The minimum atomic E-state index is -0.204. The summed E-state index contributed by atoms with van der Waals surface area (Å²) in [6, 6.07) is 7.31. The van der Waals surface area contributed by atoms with Gasteiger partial charge >= 0.3 is 6.03 Å². The first kappa shape index (κ1) is 16.5. The van der Waals surface area contributed by atoms with Gasteiger partial charge in [-0.05, 0) is 49.9 Å². The van der Waals surface area contributed by atoms with E-state index in [0.29, 0.717) is 11.7 Å². The predicted molar refractivity (Wildman–Crippen MR) is 93.5 cm³/mol. The molecule has 1 atom stereocenters. The molecule has 0 radical (unpaired) electrons. The summed E-state index contributed by atoms with van der Waals surface area (Å²) in [6.45, 7) is 3.59. The number of hydrogen-bond donors (Lipinski definition) is 2. The van der Waals surface area contributed by atoms with Crippen LogP contribution >= 0.6 is 0 Å². The second kappa shape index (κ2) is 7.49. The van der Waals surface area contributed by atoms with E-state index in [2.05, 4.69) is 15.6 Å². The van der Waals surface area contributed by atoms with Crippen LogP contribution in [0.4, 0.5) is 10.5 Å². The molecule has 2 aromatic rings. The molecule has 0 aliphatic carbocycles. The molecule has 3 rings (SSSR count). The maximum atomic E-state index is 12.4. The molecule has 0 saturated carbocycles. The Bertz CT molecular complexity index is 714. The number of amides is 2. The molecule has 1 fully saturated rings. The average molecular weight is 329 g/mol. The summed E-state index contributed by atoms with van der Waals surface area (Å²) >= 11 is 0. The van der Waals surface area contributed by atoms with E-state index >= 15 is 0 Å². The van der Waals surface area contributed by atoms with Gasteiger partial charge in [0.05, 0.1) is 12.8 Å². The SMILES string of the molecule is COc1ccc(NC(=O)N[C@@H](C)C2CCOCC2)c2cccnc12. The van der Waals surface area contributed by atoms with Crippen molar-refractivity contribution >= 4 is 22.6 Å². The van der Waals surface area contributed by atoms with Crippen LogP contribution in [0.3, 0.4) is 0 Å². The molecule has 128 valence electrons. The van der Waals surface area contributed by atoms with Crippen LogP contribution in [0.2, 0.25) is 0 Å². The number of nitrogens with one attached hydrogen (secondary N) is 2. The van der Waals surface area contributed by atoms with Gasteiger partial charge in [0.1, 0.15) is 11.3 Å². The molecule has 24 heavy (non-hydrogen) atoms. The topological polar surface area (TPSA) is 72.5 Å². The number of anilines is 1. The van der Waals surface area contributed by atoms with Crippen molar-refractivity contribution in [3.05, 3.63) is 30.5 Å². The Kier molecular flexibility index (Phi) is 5.15. The lowest BCUT2D eigenvalue weighted by Crippen LogP contribution is -2.42. The van der Waals surface area contributed by atoms with Crippen LogP contribution in [0.25, 0.3) is 10.9 Å². The highest BCUT2D eigenvalue weighted by Crippen LogP contribution is 2.29. The van der Waals surface area contributed by atoms with Gasteiger partial charge in [-0.3, -0.25) is 4.98 Å². The van der Waals surface area contributed by atoms with Gasteiger partial charge in [-0.2, -0.15) is 0 Å². The van der Waals surface area contributed by atoms with Crippen molar-refractivity contribution in [2.45, 2.75) is 25.8 Å². The Labute approximate surface area is 141 Å². The number of hydrogen-bond acceptors (Lipinski definition) is 4. The maximum absolute atomic E-state index is 12.4. The Hall–Kier alpha value is -2.34. The molecule has 1 aromatic heterocycles. The standard InChI is InChI=1S/C18H23N3O3/c1-12(13-7-10-24-11-8-13)20-18(22)21-15-5-6-16(23-2)17-14(15)4-3-9-19-17/h3-6,9,12-13H,7-8,10-11H2,1-2H3,(H2,20,21,22)/t12-/m0/s1. The molecule has 0 spiro atoms. The second-order valence-electron chi connectivity index (χ2n) is 6.05. The minimum absolute atomic E-state index is 0.108. The molecule has 2 amide bonds. The molecule has 1 aliphatic heterocycles. The number of fused-ring (bicyclic) bond motifs is 1. The van der Waals surface area contributed by atoms with E-state index in [9.17, 15) is 4.79 Å². The van der Waals surface area contributed by atoms with Gasteiger partial charge in [0.2, 0.25) is 0 Å². The molecular formula is C18H23N3O3. The summed E-state index contributed by atoms with van der Waals surface area (Å²) in [5.74, 6) is 1.14. The van der Waals surface area contributed by atoms with Crippen LogP contribution in [0, 0.1) is 5.92 Å². The molecular weight excluding hydrogens is 306 g/mol. The van der Waals surface area contributed by atoms with Crippen LogP contribution in [0.1, 0.15) is 19.8 Å². The summed E-state index contributed by atoms with van der Waals surface area (Å²) in [5, 5.41) is 6.82. The van der Waals surface area contributed by atoms with E-state index in [4.69, 9.17) is 9.47 Å². The minimum Gasteiger partial charge on any atom is -0.494 e. The zero-order chi connectivity index (χ0) is 16.9. The zero-order valence-electron chi connectivity index (χ0n) is 14.0. The van der Waals surface area contributed by atoms with E-state index in [0.717, 1.165) is 42.6 Å². The number of carbonyl (C=O) groups is 1. The van der Waals surface area contributed by atoms with Crippen molar-refractivity contribution in [2.75, 3.05) is 25.6 Å². The Morgan fingerprint density at radius 2 is 2.12 bits per heavy atom. The first-order chi connectivity index (χ1) is 11.7. The van der Waals surface area contributed by atoms with Crippen molar-refractivity contribution in [1.82, 2.24) is 10.3 Å². The monoisotopic (exact) mass is 329 g/mol. The number of urea groups is 1. The maximum Gasteiger partial charge on any atom is 0.319 e. The summed E-state index contributed by atoms with van der Waals surface area (Å²) in [7, 11) is 1.61. The lowest BCUT2D eigenvalue weighted by atomic mass is 9.93. The fourth-order valence-corrected chi connectivity index (χ4v) is 3.12. The van der Waals surface area contributed by atoms with E-state index in [1.807, 2.05) is 31.2 Å². The van der Waals surface area contributed by atoms with Crippen LogP contribution in [0.5, 0.6) is 5.75 Å². The molecule has 2 heterocycles. The van der Waals surface area contributed by atoms with E-state index in [1.165, 1.54) is 0 Å². The molecule has 6 nitrogen and oxygen atoms in total. The molecule has 0 unspecified atom stereocenters. The van der Waals surface area contributed by atoms with Crippen LogP contribution < -0.4 is 15.4 Å². The van der Waals surface area contributed by atoms with Gasteiger partial charge in [0.15, 0.2) is 0 Å². The normalized spacial score (nSPS) is 16.6. The van der Waals surface area contributed by atoms with Gasteiger partial charge in [-0.25, -0.2) is 4.79 Å². The van der Waals surface area contributed by atoms with Crippen molar-refractivity contribution in [2.24, 2.45) is 5.92 Å². The highest BCUT2D eigenvalue weighted by atomic mass is 16.5. The third-order valence-electron chi connectivity index (χ3n) is 4.53. The predicted octanol–water partition coefficient (Wildman–Crippen LogP) is 3.18. The van der Waals surface area contributed by atoms with Crippen molar-refractivity contribution in [3.63, 3.8) is 0 Å². The number of aromatic nitrogens is 1. The number of methoxy groups -OCH3 is 1. The summed E-state index contributed by atoms with van der Waals surface area (Å²) in [4.78, 5) is 16.7. The highest BCUT2D eigenvalue weighted by Gasteiger charge is 2.22. The summed E-state index contributed by atoms with van der Waals surface area (Å²) in [6.07, 6.45) is 3.68. The summed E-state index contributed by atoms with van der Waals surface area (Å²) < 4.78 is 10.7. The van der Waals surface area contributed by atoms with E-state index in [1.54, 1.807) is 13.3 Å². The first-order valence-electron chi connectivity index (χ1n) is 8.26. The van der Waals surface area contributed by atoms with Gasteiger partial charge in [-0.15, -0.1) is 0 Å². The molecule has 1 aromatic carbocycles. The summed E-state index contributed by atoms with van der Waals surface area (Å²) in [5.41, 5.74) is 1.45. The lowest BCUT2D eigenvalue weighted by Gasteiger charge is -2.28. The van der Waals surface area contributed by atoms with Crippen molar-refractivity contribution in [3.8, 4) is 5.75 Å². The highest BCUT2D eigenvalue weighted by molar-refractivity contribution is 6.02. The quantitative estimate of drug-likeness (QED) is 0.903. The number of nitrogens with zero attached hydrogens (tertiary/aromatic N) is 1. The van der Waals surface area contributed by atoms with Gasteiger partial charge in [0.25, 0.3) is 0 Å². The first-order valence-corrected chi connectivity index (χ1v) is 8.26. The zero-order valence-corrected chi connectivity index (χ0v) is 14.0. The van der Waals surface area contributed by atoms with E-state index in [-0.39, 0.29) is 12.1 Å². The average Bonchev–Trinajstić information content (AvgIpc) is 2.62. The van der Waals surface area contributed by atoms with Gasteiger partial charge in [0, 0.05) is 30.8 Å². The second-order valence-corrected chi connectivity index (χ2v) is 6.05. The lowest BCUT2D eigenvalue weighted by molar-refractivity contribution is 0.0573. The number of ether oxygens (including phenoxy) is 2. The Morgan fingerprint density at radius 1 is 1.33 bits per heavy atom. The van der Waals surface area contributed by atoms with Gasteiger partial charge < -0.3 is 20.1 Å². The van der Waals surface area contributed by atoms with Crippen molar-refractivity contribution in [1.29, 1.82) is 0 Å². The molecule has 0 bridgehead atoms. The Morgan fingerprint density at radius 3 is 2.88 bits per heavy atom. The number of benzene rings is 1. The Balaban J connectivity index is 1.71.